The Morgan fingerprint density at radius 2 is 1.75 bits per heavy atom. The molecule has 0 aliphatic heterocycles. The molecule has 0 N–H and O–H groups in total. The molecular formula is C20H23NO6S. The minimum atomic E-state index is -3.67. The number of Topliss-reactive ketones (excluding diaryl/α,β-unsaturated/α-hetero) is 1. The molecule has 8 heteroatoms. The third kappa shape index (κ3) is 4.58. The first-order valence-corrected chi connectivity index (χ1v) is 9.90. The number of hydrogen-bond acceptors (Lipinski definition) is 6. The summed E-state index contributed by atoms with van der Waals surface area (Å²) in [4.78, 5) is 24.2. The number of hydrogen-bond donors (Lipinski definition) is 0. The Kier molecular flexibility index (Phi) is 6.58. The number of nitrogens with zero attached hydrogens (tertiary/aromatic N) is 1. The van der Waals surface area contributed by atoms with E-state index in [0.29, 0.717) is 22.4 Å². The van der Waals surface area contributed by atoms with E-state index in [2.05, 4.69) is 0 Å². The Balaban J connectivity index is 2.29. The van der Waals surface area contributed by atoms with Crippen LogP contribution in [-0.2, 0) is 21.4 Å². The molecule has 0 bridgehead atoms. The van der Waals surface area contributed by atoms with Crippen LogP contribution in [-0.4, -0.2) is 45.7 Å². The molecule has 2 aromatic rings. The Morgan fingerprint density at radius 1 is 1.07 bits per heavy atom. The summed E-state index contributed by atoms with van der Waals surface area (Å²) in [6.07, 6.45) is 0. The number of carbonyl (C=O) groups excluding carboxylic acids is 2. The smallest absolute Gasteiger partial charge is 0.338 e. The second-order valence-electron chi connectivity index (χ2n) is 6.42. The zero-order valence-corrected chi connectivity index (χ0v) is 17.3. The molecule has 0 aliphatic rings. The lowest BCUT2D eigenvalue weighted by molar-refractivity contribution is 0.0469. The van der Waals surface area contributed by atoms with E-state index < -0.39 is 16.0 Å². The van der Waals surface area contributed by atoms with Gasteiger partial charge in [0.15, 0.2) is 5.78 Å². The standard InChI is InChI=1S/C20H23NO6S/c1-13-6-8-17(28(24,25)21(3)4)11-18(13)20(23)27-12-16-10-15(14(2)22)7-9-19(16)26-5/h6-11H,12H2,1-5H3. The molecule has 0 saturated heterocycles. The second kappa shape index (κ2) is 8.53. The first kappa shape index (κ1) is 21.6. The molecule has 0 unspecified atom stereocenters. The highest BCUT2D eigenvalue weighted by atomic mass is 32.2. The Morgan fingerprint density at radius 3 is 2.32 bits per heavy atom. The minimum absolute atomic E-state index is 0.00575. The first-order chi connectivity index (χ1) is 13.1. The second-order valence-corrected chi connectivity index (χ2v) is 8.57. The molecule has 0 aromatic heterocycles. The number of esters is 1. The van der Waals surface area contributed by atoms with Gasteiger partial charge in [0.25, 0.3) is 0 Å². The van der Waals surface area contributed by atoms with Crippen molar-refractivity contribution in [3.8, 4) is 5.75 Å². The number of carbonyl (C=O) groups is 2. The van der Waals surface area contributed by atoms with Crippen molar-refractivity contribution in [2.75, 3.05) is 21.2 Å². The number of ether oxygens (including phenoxy) is 2. The van der Waals surface area contributed by atoms with Gasteiger partial charge in [0.1, 0.15) is 12.4 Å². The quantitative estimate of drug-likeness (QED) is 0.520. The zero-order valence-electron chi connectivity index (χ0n) is 16.5. The van der Waals surface area contributed by atoms with Gasteiger partial charge in [-0.05, 0) is 49.7 Å². The number of sulfonamides is 1. The molecule has 0 aliphatic carbocycles. The van der Waals surface area contributed by atoms with Crippen molar-refractivity contribution in [1.29, 1.82) is 0 Å². The van der Waals surface area contributed by atoms with Crippen LogP contribution in [0.15, 0.2) is 41.3 Å². The molecule has 0 heterocycles. The van der Waals surface area contributed by atoms with Gasteiger partial charge >= 0.3 is 5.97 Å². The highest BCUT2D eigenvalue weighted by Gasteiger charge is 2.21. The maximum absolute atomic E-state index is 12.6. The van der Waals surface area contributed by atoms with Gasteiger partial charge in [0.05, 0.1) is 17.6 Å². The summed E-state index contributed by atoms with van der Waals surface area (Å²) in [5, 5.41) is 0. The fourth-order valence-corrected chi connectivity index (χ4v) is 3.45. The normalized spacial score (nSPS) is 11.4. The molecule has 0 fully saturated rings. The maximum Gasteiger partial charge on any atom is 0.338 e. The SMILES string of the molecule is COc1ccc(C(C)=O)cc1COC(=O)c1cc(S(=O)(=O)N(C)C)ccc1C. The fourth-order valence-electron chi connectivity index (χ4n) is 2.52. The van der Waals surface area contributed by atoms with Gasteiger partial charge in [0.2, 0.25) is 10.0 Å². The lowest BCUT2D eigenvalue weighted by atomic mass is 10.1. The maximum atomic E-state index is 12.6. The molecule has 0 saturated carbocycles. The van der Waals surface area contributed by atoms with Crippen LogP contribution in [0.4, 0.5) is 0 Å². The van der Waals surface area contributed by atoms with Crippen molar-refractivity contribution in [1.82, 2.24) is 4.31 Å². The van der Waals surface area contributed by atoms with Gasteiger partial charge in [-0.2, -0.15) is 0 Å². The molecule has 7 nitrogen and oxygen atoms in total. The summed E-state index contributed by atoms with van der Waals surface area (Å²) in [6.45, 7) is 3.02. The molecule has 2 rings (SSSR count). The third-order valence-electron chi connectivity index (χ3n) is 4.25. The predicted molar refractivity (Wildman–Crippen MR) is 104 cm³/mol. The molecule has 2 aromatic carbocycles. The molecule has 0 amide bonds. The van der Waals surface area contributed by atoms with Crippen molar-refractivity contribution in [3.05, 3.63) is 58.7 Å². The number of aryl methyl sites for hydroxylation is 1. The van der Waals surface area contributed by atoms with Crippen molar-refractivity contribution in [2.24, 2.45) is 0 Å². The van der Waals surface area contributed by atoms with Crippen LogP contribution in [0, 0.1) is 6.92 Å². The van der Waals surface area contributed by atoms with E-state index in [1.807, 2.05) is 0 Å². The number of ketones is 1. The van der Waals surface area contributed by atoms with E-state index >= 15 is 0 Å². The van der Waals surface area contributed by atoms with Crippen molar-refractivity contribution < 1.29 is 27.5 Å². The largest absolute Gasteiger partial charge is 0.496 e. The lowest BCUT2D eigenvalue weighted by Gasteiger charge is -2.14. The average Bonchev–Trinajstić information content (AvgIpc) is 2.65. The topological polar surface area (TPSA) is 90.0 Å². The molecular weight excluding hydrogens is 382 g/mol. The average molecular weight is 405 g/mol. The Bertz CT molecular complexity index is 1010. The predicted octanol–water partition coefficient (Wildman–Crippen LogP) is 2.81. The van der Waals surface area contributed by atoms with Crippen LogP contribution in [0.3, 0.4) is 0 Å². The number of methoxy groups -OCH3 is 1. The van der Waals surface area contributed by atoms with Crippen LogP contribution in [0.25, 0.3) is 0 Å². The van der Waals surface area contributed by atoms with Gasteiger partial charge in [-0.1, -0.05) is 6.07 Å². The number of benzene rings is 2. The van der Waals surface area contributed by atoms with Crippen LogP contribution >= 0.6 is 0 Å². The monoisotopic (exact) mass is 405 g/mol. The summed E-state index contributed by atoms with van der Waals surface area (Å²) >= 11 is 0. The third-order valence-corrected chi connectivity index (χ3v) is 6.06. The van der Waals surface area contributed by atoms with Gasteiger partial charge in [-0.15, -0.1) is 0 Å². The summed E-state index contributed by atoms with van der Waals surface area (Å²) in [7, 11) is 0.642. The summed E-state index contributed by atoms with van der Waals surface area (Å²) < 4.78 is 36.3. The molecule has 0 spiro atoms. The molecule has 0 radical (unpaired) electrons. The zero-order chi connectivity index (χ0) is 21.1. The lowest BCUT2D eigenvalue weighted by Crippen LogP contribution is -2.22. The highest BCUT2D eigenvalue weighted by Crippen LogP contribution is 2.23. The van der Waals surface area contributed by atoms with Crippen LogP contribution in [0.2, 0.25) is 0 Å². The van der Waals surface area contributed by atoms with Crippen LogP contribution in [0.1, 0.15) is 38.8 Å². The summed E-state index contributed by atoms with van der Waals surface area (Å²) in [6, 6.07) is 9.18. The minimum Gasteiger partial charge on any atom is -0.496 e. The van der Waals surface area contributed by atoms with E-state index in [1.165, 1.54) is 40.3 Å². The van der Waals surface area contributed by atoms with Crippen molar-refractivity contribution >= 4 is 21.8 Å². The van der Waals surface area contributed by atoms with Crippen LogP contribution in [0.5, 0.6) is 5.75 Å². The molecule has 28 heavy (non-hydrogen) atoms. The first-order valence-electron chi connectivity index (χ1n) is 8.46. The van der Waals surface area contributed by atoms with Gasteiger partial charge in [-0.25, -0.2) is 17.5 Å². The van der Waals surface area contributed by atoms with Crippen LogP contribution < -0.4 is 4.74 Å². The van der Waals surface area contributed by atoms with E-state index in [1.54, 1.807) is 31.2 Å². The Hall–Kier alpha value is -2.71. The summed E-state index contributed by atoms with van der Waals surface area (Å²) in [5.41, 5.74) is 1.76. The van der Waals surface area contributed by atoms with Crippen molar-refractivity contribution in [2.45, 2.75) is 25.3 Å². The fraction of sp³-hybridized carbons (Fsp3) is 0.300. The van der Waals surface area contributed by atoms with Gasteiger partial charge in [-0.3, -0.25) is 4.79 Å². The van der Waals surface area contributed by atoms with Gasteiger partial charge in [0, 0.05) is 25.2 Å². The summed E-state index contributed by atoms with van der Waals surface area (Å²) in [5.74, 6) is -0.297. The van der Waals surface area contributed by atoms with E-state index in [9.17, 15) is 18.0 Å². The highest BCUT2D eigenvalue weighted by molar-refractivity contribution is 7.89. The molecule has 150 valence electrons. The van der Waals surface area contributed by atoms with E-state index in [0.717, 1.165) is 4.31 Å². The van der Waals surface area contributed by atoms with Gasteiger partial charge < -0.3 is 9.47 Å². The van der Waals surface area contributed by atoms with E-state index in [4.69, 9.17) is 9.47 Å². The number of rotatable bonds is 7. The Labute approximate surface area is 164 Å². The van der Waals surface area contributed by atoms with Crippen molar-refractivity contribution in [3.63, 3.8) is 0 Å². The molecule has 0 atom stereocenters. The van der Waals surface area contributed by atoms with E-state index in [-0.39, 0.29) is 22.8 Å².